The average molecular weight is 430 g/mol. The monoisotopic (exact) mass is 430 g/mol. The lowest BCUT2D eigenvalue weighted by Crippen LogP contribution is -2.29. The van der Waals surface area contributed by atoms with E-state index in [0.717, 1.165) is 33.8 Å². The van der Waals surface area contributed by atoms with Gasteiger partial charge in [-0.05, 0) is 60.2 Å². The van der Waals surface area contributed by atoms with Crippen LogP contribution in [0.1, 0.15) is 5.56 Å². The first-order valence-corrected chi connectivity index (χ1v) is 10.3. The number of methoxy groups -OCH3 is 1. The first-order chi connectivity index (χ1) is 15.6. The third-order valence-corrected chi connectivity index (χ3v) is 5.02. The Hall–Kier alpha value is -4.00. The highest BCUT2D eigenvalue weighted by Gasteiger charge is 2.12. The zero-order valence-electron chi connectivity index (χ0n) is 17.7. The van der Waals surface area contributed by atoms with Gasteiger partial charge in [-0.2, -0.15) is 5.10 Å². The molecule has 1 N–H and O–H groups in total. The number of benzene rings is 2. The van der Waals surface area contributed by atoms with E-state index in [-0.39, 0.29) is 18.1 Å². The van der Waals surface area contributed by atoms with E-state index in [1.54, 1.807) is 31.6 Å². The van der Waals surface area contributed by atoms with E-state index >= 15 is 0 Å². The van der Waals surface area contributed by atoms with Gasteiger partial charge < -0.3 is 10.1 Å². The van der Waals surface area contributed by atoms with Crippen LogP contribution in [0.3, 0.4) is 0 Å². The number of nitrogens with zero attached hydrogens (tertiary/aromatic N) is 3. The number of hydrogen-bond donors (Lipinski definition) is 1. The number of amides is 1. The van der Waals surface area contributed by atoms with Crippen molar-refractivity contribution in [2.24, 2.45) is 0 Å². The summed E-state index contributed by atoms with van der Waals surface area (Å²) >= 11 is 0. The molecule has 32 heavy (non-hydrogen) atoms. The van der Waals surface area contributed by atoms with Crippen molar-refractivity contribution in [2.45, 2.75) is 13.0 Å². The molecule has 162 valence electrons. The van der Waals surface area contributed by atoms with Crippen LogP contribution in [0.15, 0.2) is 79.1 Å². The highest BCUT2D eigenvalue weighted by molar-refractivity contribution is 5.78. The van der Waals surface area contributed by atoms with Crippen LogP contribution in [-0.4, -0.2) is 34.3 Å². The minimum Gasteiger partial charge on any atom is -0.497 e. The van der Waals surface area contributed by atoms with Crippen LogP contribution in [0, 0.1) is 5.82 Å². The van der Waals surface area contributed by atoms with Crippen molar-refractivity contribution < 1.29 is 13.9 Å². The van der Waals surface area contributed by atoms with Crippen LogP contribution in [0.5, 0.6) is 5.75 Å². The van der Waals surface area contributed by atoms with Crippen molar-refractivity contribution >= 4 is 5.91 Å². The van der Waals surface area contributed by atoms with Crippen LogP contribution in [0.2, 0.25) is 0 Å². The van der Waals surface area contributed by atoms with Crippen LogP contribution in [0.4, 0.5) is 4.39 Å². The van der Waals surface area contributed by atoms with E-state index in [4.69, 9.17) is 4.74 Å². The van der Waals surface area contributed by atoms with Gasteiger partial charge >= 0.3 is 0 Å². The van der Waals surface area contributed by atoms with Crippen LogP contribution >= 0.6 is 0 Å². The Morgan fingerprint density at radius 2 is 1.91 bits per heavy atom. The van der Waals surface area contributed by atoms with Crippen LogP contribution in [-0.2, 0) is 17.8 Å². The number of aromatic nitrogens is 3. The molecule has 7 heteroatoms. The predicted molar refractivity (Wildman–Crippen MR) is 121 cm³/mol. The molecule has 0 spiro atoms. The maximum absolute atomic E-state index is 13.3. The van der Waals surface area contributed by atoms with E-state index in [9.17, 15) is 9.18 Å². The van der Waals surface area contributed by atoms with Crippen LogP contribution in [0.25, 0.3) is 22.5 Å². The Kier molecular flexibility index (Phi) is 6.55. The Morgan fingerprint density at radius 3 is 2.66 bits per heavy atom. The van der Waals surface area contributed by atoms with Gasteiger partial charge in [0.15, 0.2) is 0 Å². The molecule has 0 aliphatic rings. The number of hydrogen-bond acceptors (Lipinski definition) is 4. The molecule has 4 aromatic rings. The summed E-state index contributed by atoms with van der Waals surface area (Å²) in [4.78, 5) is 16.6. The number of nitrogens with one attached hydrogen (secondary N) is 1. The molecule has 6 nitrogen and oxygen atoms in total. The van der Waals surface area contributed by atoms with Gasteiger partial charge in [-0.15, -0.1) is 0 Å². The number of ether oxygens (including phenoxy) is 1. The fraction of sp³-hybridized carbons (Fsp3) is 0.160. The standard InChI is InChI=1S/C25H23FN4O2/c1-32-22-6-2-4-18(14-22)15-25(31)28-12-13-30-24(20-5-3-11-27-17-20)16-23(29-30)19-7-9-21(26)10-8-19/h2-11,14,16-17H,12-13,15H2,1H3,(H,28,31). The molecule has 2 aromatic heterocycles. The van der Waals surface area contributed by atoms with Crippen LogP contribution < -0.4 is 10.1 Å². The van der Waals surface area contributed by atoms with Gasteiger partial charge in [0.25, 0.3) is 0 Å². The number of carbonyl (C=O) groups is 1. The van der Waals surface area contributed by atoms with Crippen molar-refractivity contribution in [3.8, 4) is 28.3 Å². The summed E-state index contributed by atoms with van der Waals surface area (Å²) in [6.07, 6.45) is 3.75. The van der Waals surface area contributed by atoms with E-state index in [1.807, 2.05) is 47.1 Å². The number of halogens is 1. The lowest BCUT2D eigenvalue weighted by Gasteiger charge is -2.09. The Bertz CT molecular complexity index is 1190. The summed E-state index contributed by atoms with van der Waals surface area (Å²) in [7, 11) is 1.60. The molecule has 0 unspecified atom stereocenters. The highest BCUT2D eigenvalue weighted by Crippen LogP contribution is 2.26. The van der Waals surface area contributed by atoms with Gasteiger partial charge in [-0.1, -0.05) is 12.1 Å². The maximum atomic E-state index is 13.3. The summed E-state index contributed by atoms with van der Waals surface area (Å²) in [6.45, 7) is 0.899. The third-order valence-electron chi connectivity index (χ3n) is 5.02. The van der Waals surface area contributed by atoms with Crippen molar-refractivity contribution in [1.82, 2.24) is 20.1 Å². The summed E-state index contributed by atoms with van der Waals surface area (Å²) in [5.74, 6) is 0.354. The van der Waals surface area contributed by atoms with Crippen molar-refractivity contribution in [3.63, 3.8) is 0 Å². The number of carbonyl (C=O) groups excluding carboxylic acids is 1. The molecule has 2 aromatic carbocycles. The SMILES string of the molecule is COc1cccc(CC(=O)NCCn2nc(-c3ccc(F)cc3)cc2-c2cccnc2)c1. The van der Waals surface area contributed by atoms with Gasteiger partial charge in [0, 0.05) is 30.1 Å². The first kappa shape index (κ1) is 21.2. The largest absolute Gasteiger partial charge is 0.497 e. The quantitative estimate of drug-likeness (QED) is 0.457. The zero-order chi connectivity index (χ0) is 22.3. The molecule has 0 saturated carbocycles. The molecule has 0 saturated heterocycles. The van der Waals surface area contributed by atoms with E-state index < -0.39 is 0 Å². The molecule has 0 aliphatic carbocycles. The molecule has 0 bridgehead atoms. The molecular weight excluding hydrogens is 407 g/mol. The zero-order valence-corrected chi connectivity index (χ0v) is 17.7. The molecule has 0 aliphatic heterocycles. The van der Waals surface area contributed by atoms with Crippen molar-refractivity contribution in [2.75, 3.05) is 13.7 Å². The molecule has 2 heterocycles. The number of rotatable bonds is 8. The van der Waals surface area contributed by atoms with E-state index in [1.165, 1.54) is 12.1 Å². The molecular formula is C25H23FN4O2. The lowest BCUT2D eigenvalue weighted by atomic mass is 10.1. The minimum absolute atomic E-state index is 0.0768. The Labute approximate surface area is 185 Å². The smallest absolute Gasteiger partial charge is 0.224 e. The normalized spacial score (nSPS) is 10.7. The third kappa shape index (κ3) is 5.18. The molecule has 4 rings (SSSR count). The van der Waals surface area contributed by atoms with Gasteiger partial charge in [0.1, 0.15) is 11.6 Å². The Morgan fingerprint density at radius 1 is 1.06 bits per heavy atom. The lowest BCUT2D eigenvalue weighted by molar-refractivity contribution is -0.120. The highest BCUT2D eigenvalue weighted by atomic mass is 19.1. The van der Waals surface area contributed by atoms with E-state index in [0.29, 0.717) is 13.1 Å². The van der Waals surface area contributed by atoms with Gasteiger partial charge in [-0.3, -0.25) is 14.5 Å². The maximum Gasteiger partial charge on any atom is 0.224 e. The summed E-state index contributed by atoms with van der Waals surface area (Å²) < 4.78 is 20.4. The summed E-state index contributed by atoms with van der Waals surface area (Å²) in [5.41, 5.74) is 4.22. The molecule has 0 fully saturated rings. The Balaban J connectivity index is 1.47. The van der Waals surface area contributed by atoms with Crippen molar-refractivity contribution in [3.05, 3.63) is 90.5 Å². The van der Waals surface area contributed by atoms with Gasteiger partial charge in [0.2, 0.25) is 5.91 Å². The number of pyridine rings is 1. The molecule has 1 amide bonds. The minimum atomic E-state index is -0.292. The molecule has 0 atom stereocenters. The summed E-state index contributed by atoms with van der Waals surface area (Å²) in [5, 5.41) is 7.64. The fourth-order valence-electron chi connectivity index (χ4n) is 3.43. The van der Waals surface area contributed by atoms with Gasteiger partial charge in [-0.25, -0.2) is 4.39 Å². The second kappa shape index (κ2) is 9.87. The first-order valence-electron chi connectivity index (χ1n) is 10.3. The second-order valence-corrected chi connectivity index (χ2v) is 7.26. The average Bonchev–Trinajstić information content (AvgIpc) is 3.24. The van der Waals surface area contributed by atoms with Gasteiger partial charge in [0.05, 0.1) is 31.5 Å². The second-order valence-electron chi connectivity index (χ2n) is 7.26. The van der Waals surface area contributed by atoms with Crippen molar-refractivity contribution in [1.29, 1.82) is 0 Å². The topological polar surface area (TPSA) is 69.0 Å². The molecule has 0 radical (unpaired) electrons. The summed E-state index contributed by atoms with van der Waals surface area (Å²) in [6, 6.07) is 19.4. The fourth-order valence-corrected chi connectivity index (χ4v) is 3.43. The predicted octanol–water partition coefficient (Wildman–Crippen LogP) is 4.12. The van der Waals surface area contributed by atoms with E-state index in [2.05, 4.69) is 15.4 Å².